The van der Waals surface area contributed by atoms with Crippen LogP contribution in [0.25, 0.3) is 0 Å². The van der Waals surface area contributed by atoms with Crippen molar-refractivity contribution in [1.29, 1.82) is 0 Å². The quantitative estimate of drug-likeness (QED) is 0.730. The van der Waals surface area contributed by atoms with Gasteiger partial charge in [0.2, 0.25) is 0 Å². The highest BCUT2D eigenvalue weighted by molar-refractivity contribution is 5.96. The summed E-state index contributed by atoms with van der Waals surface area (Å²) >= 11 is 0. The van der Waals surface area contributed by atoms with Crippen LogP contribution < -0.4 is 5.73 Å². The number of hydrogen-bond acceptors (Lipinski definition) is 5. The molecule has 92 valence electrons. The van der Waals surface area contributed by atoms with E-state index in [1.54, 1.807) is 11.9 Å². The molecule has 1 fully saturated rings. The highest BCUT2D eigenvalue weighted by atomic mass is 16.5. The molecule has 0 spiro atoms. The molecular formula is C9H14N6O2. The van der Waals surface area contributed by atoms with E-state index in [1.807, 2.05) is 0 Å². The Bertz CT molecular complexity index is 435. The number of hydrogen-bond donors (Lipinski definition) is 2. The normalized spacial score (nSPS) is 16.6. The molecule has 1 aliphatic rings. The van der Waals surface area contributed by atoms with Gasteiger partial charge in [-0.05, 0) is 6.92 Å². The molecule has 0 saturated carbocycles. The van der Waals surface area contributed by atoms with Crippen molar-refractivity contribution in [2.75, 3.05) is 26.3 Å². The highest BCUT2D eigenvalue weighted by Gasteiger charge is 2.15. The second kappa shape index (κ2) is 4.91. The maximum atomic E-state index is 11.1. The van der Waals surface area contributed by atoms with E-state index in [0.29, 0.717) is 37.7 Å². The summed E-state index contributed by atoms with van der Waals surface area (Å²) in [6.07, 6.45) is 0. The topological polar surface area (TPSA) is 109 Å². The van der Waals surface area contributed by atoms with Crippen LogP contribution in [0.2, 0.25) is 0 Å². The molecule has 1 aromatic heterocycles. The average molecular weight is 238 g/mol. The SMILES string of the molecule is Cc1[nH]nc(C(N)=O)c1N=NN1CCOCC1. The molecule has 0 atom stereocenters. The Kier molecular flexibility index (Phi) is 3.33. The first-order chi connectivity index (χ1) is 8.18. The second-order valence-electron chi connectivity index (χ2n) is 3.67. The molecule has 0 aliphatic carbocycles. The number of nitrogens with zero attached hydrogens (tertiary/aromatic N) is 4. The lowest BCUT2D eigenvalue weighted by Crippen LogP contribution is -2.31. The third-order valence-electron chi connectivity index (χ3n) is 2.41. The molecule has 3 N–H and O–H groups in total. The summed E-state index contributed by atoms with van der Waals surface area (Å²) in [5.41, 5.74) is 6.35. The zero-order valence-corrected chi connectivity index (χ0v) is 9.51. The zero-order chi connectivity index (χ0) is 12.3. The minimum atomic E-state index is -0.620. The second-order valence-corrected chi connectivity index (χ2v) is 3.67. The number of H-pyrrole nitrogens is 1. The molecule has 1 aromatic rings. The molecule has 0 radical (unpaired) electrons. The summed E-state index contributed by atoms with van der Waals surface area (Å²) in [6.45, 7) is 4.39. The lowest BCUT2D eigenvalue weighted by molar-refractivity contribution is 0.0353. The van der Waals surface area contributed by atoms with Gasteiger partial charge in [0.15, 0.2) is 5.69 Å². The lowest BCUT2D eigenvalue weighted by atomic mass is 10.3. The molecule has 0 bridgehead atoms. The molecule has 8 nitrogen and oxygen atoms in total. The first-order valence-corrected chi connectivity index (χ1v) is 5.27. The van der Waals surface area contributed by atoms with Crippen LogP contribution in [-0.2, 0) is 4.74 Å². The summed E-state index contributed by atoms with van der Waals surface area (Å²) in [6, 6.07) is 0. The van der Waals surface area contributed by atoms with Gasteiger partial charge >= 0.3 is 0 Å². The Morgan fingerprint density at radius 3 is 2.88 bits per heavy atom. The maximum Gasteiger partial charge on any atom is 0.271 e. The monoisotopic (exact) mass is 238 g/mol. The van der Waals surface area contributed by atoms with E-state index < -0.39 is 5.91 Å². The predicted molar refractivity (Wildman–Crippen MR) is 58.8 cm³/mol. The molecule has 0 unspecified atom stereocenters. The van der Waals surface area contributed by atoms with E-state index in [-0.39, 0.29) is 5.69 Å². The fourth-order valence-electron chi connectivity index (χ4n) is 1.47. The van der Waals surface area contributed by atoms with Gasteiger partial charge in [0.05, 0.1) is 32.0 Å². The summed E-state index contributed by atoms with van der Waals surface area (Å²) < 4.78 is 5.19. The number of aryl methyl sites for hydroxylation is 1. The Labute approximate surface area is 97.8 Å². The Morgan fingerprint density at radius 2 is 2.24 bits per heavy atom. The molecule has 2 rings (SSSR count). The summed E-state index contributed by atoms with van der Waals surface area (Å²) in [5.74, 6) is -0.620. The van der Waals surface area contributed by atoms with Gasteiger partial charge in [-0.1, -0.05) is 5.22 Å². The minimum absolute atomic E-state index is 0.111. The van der Waals surface area contributed by atoms with E-state index in [0.717, 1.165) is 0 Å². The fourth-order valence-corrected chi connectivity index (χ4v) is 1.47. The number of ether oxygens (including phenoxy) is 1. The maximum absolute atomic E-state index is 11.1. The van der Waals surface area contributed by atoms with E-state index in [1.165, 1.54) is 0 Å². The van der Waals surface area contributed by atoms with Gasteiger partial charge in [0, 0.05) is 0 Å². The van der Waals surface area contributed by atoms with Gasteiger partial charge in [0.1, 0.15) is 5.69 Å². The molecule has 1 saturated heterocycles. The molecule has 0 aromatic carbocycles. The van der Waals surface area contributed by atoms with Gasteiger partial charge in [-0.3, -0.25) is 14.9 Å². The van der Waals surface area contributed by atoms with Gasteiger partial charge in [0.25, 0.3) is 5.91 Å². The zero-order valence-electron chi connectivity index (χ0n) is 9.51. The number of nitrogens with two attached hydrogens (primary N) is 1. The lowest BCUT2D eigenvalue weighted by Gasteiger charge is -2.22. The van der Waals surface area contributed by atoms with Gasteiger partial charge in [-0.25, -0.2) is 0 Å². The fraction of sp³-hybridized carbons (Fsp3) is 0.556. The number of aromatic amines is 1. The number of carbonyl (C=O) groups is 1. The van der Waals surface area contributed by atoms with Crippen molar-refractivity contribution in [1.82, 2.24) is 15.2 Å². The minimum Gasteiger partial charge on any atom is -0.378 e. The van der Waals surface area contributed by atoms with Crippen molar-refractivity contribution in [2.45, 2.75) is 6.92 Å². The summed E-state index contributed by atoms with van der Waals surface area (Å²) in [5, 5.41) is 16.3. The number of nitrogens with one attached hydrogen (secondary N) is 1. The molecule has 1 amide bonds. The third-order valence-corrected chi connectivity index (χ3v) is 2.41. The van der Waals surface area contributed by atoms with Crippen LogP contribution >= 0.6 is 0 Å². The van der Waals surface area contributed by atoms with Gasteiger partial charge in [-0.15, -0.1) is 5.11 Å². The number of primary amides is 1. The van der Waals surface area contributed by atoms with Crippen LogP contribution in [0.1, 0.15) is 16.2 Å². The summed E-state index contributed by atoms with van der Waals surface area (Å²) in [7, 11) is 0. The number of amides is 1. The Balaban J connectivity index is 2.14. The largest absolute Gasteiger partial charge is 0.378 e. The average Bonchev–Trinajstić information content (AvgIpc) is 2.69. The van der Waals surface area contributed by atoms with Crippen molar-refractivity contribution in [3.8, 4) is 0 Å². The molecule has 2 heterocycles. The van der Waals surface area contributed by atoms with Crippen molar-refractivity contribution < 1.29 is 9.53 Å². The Hall–Kier alpha value is -1.96. The number of carbonyl (C=O) groups excluding carboxylic acids is 1. The van der Waals surface area contributed by atoms with E-state index >= 15 is 0 Å². The predicted octanol–water partition coefficient (Wildman–Crippen LogP) is 0.148. The van der Waals surface area contributed by atoms with Crippen LogP contribution in [-0.4, -0.2) is 47.4 Å². The van der Waals surface area contributed by atoms with Crippen molar-refractivity contribution in [3.05, 3.63) is 11.4 Å². The van der Waals surface area contributed by atoms with Crippen molar-refractivity contribution in [3.63, 3.8) is 0 Å². The number of rotatable bonds is 3. The van der Waals surface area contributed by atoms with E-state index in [2.05, 4.69) is 20.5 Å². The van der Waals surface area contributed by atoms with Crippen LogP contribution in [0.4, 0.5) is 5.69 Å². The van der Waals surface area contributed by atoms with Gasteiger partial charge < -0.3 is 10.5 Å². The van der Waals surface area contributed by atoms with Gasteiger partial charge in [-0.2, -0.15) is 5.10 Å². The van der Waals surface area contributed by atoms with Crippen LogP contribution in [0.15, 0.2) is 10.3 Å². The van der Waals surface area contributed by atoms with Crippen molar-refractivity contribution in [2.24, 2.45) is 16.1 Å². The van der Waals surface area contributed by atoms with Crippen molar-refractivity contribution >= 4 is 11.6 Å². The standard InChI is InChI=1S/C9H14N6O2/c1-6-7(8(9(10)16)12-11-6)13-14-15-2-4-17-5-3-15/h2-5H2,1H3,(H2,10,16)(H,11,12). The molecule has 17 heavy (non-hydrogen) atoms. The third kappa shape index (κ3) is 2.59. The highest BCUT2D eigenvalue weighted by Crippen LogP contribution is 2.21. The molecule has 1 aliphatic heterocycles. The smallest absolute Gasteiger partial charge is 0.271 e. The summed E-state index contributed by atoms with van der Waals surface area (Å²) in [4.78, 5) is 11.1. The first kappa shape index (κ1) is 11.5. The molecule has 8 heteroatoms. The first-order valence-electron chi connectivity index (χ1n) is 5.27. The number of morpholine rings is 1. The van der Waals surface area contributed by atoms with E-state index in [9.17, 15) is 4.79 Å². The number of aromatic nitrogens is 2. The van der Waals surface area contributed by atoms with E-state index in [4.69, 9.17) is 10.5 Å². The van der Waals surface area contributed by atoms with Crippen LogP contribution in [0.5, 0.6) is 0 Å². The molecular weight excluding hydrogens is 224 g/mol. The van der Waals surface area contributed by atoms with Crippen LogP contribution in [0, 0.1) is 6.92 Å². The van der Waals surface area contributed by atoms with Crippen LogP contribution in [0.3, 0.4) is 0 Å². The Morgan fingerprint density at radius 1 is 1.53 bits per heavy atom.